The average molecular weight is 322 g/mol. The van der Waals surface area contributed by atoms with Crippen molar-refractivity contribution in [3.8, 4) is 11.1 Å². The molecule has 0 atom stereocenters. The van der Waals surface area contributed by atoms with Crippen LogP contribution in [0.1, 0.15) is 22.3 Å². The fraction of sp³-hybridized carbons (Fsp3) is 0.0870. The summed E-state index contributed by atoms with van der Waals surface area (Å²) in [6.07, 6.45) is 5.86. The molecule has 0 spiro atoms. The van der Waals surface area contributed by atoms with Gasteiger partial charge in [0.1, 0.15) is 5.54 Å². The van der Waals surface area contributed by atoms with Gasteiger partial charge >= 0.3 is 0 Å². The average Bonchev–Trinajstić information content (AvgIpc) is 3.27. The van der Waals surface area contributed by atoms with Crippen molar-refractivity contribution in [1.29, 1.82) is 0 Å². The molecular weight excluding hydrogens is 304 g/mol. The normalized spacial score (nSPS) is 14.1. The number of fused-ring (bicyclic) bond motifs is 3. The number of nitrogens with zero attached hydrogens (tertiary/aromatic N) is 2. The van der Waals surface area contributed by atoms with Gasteiger partial charge in [-0.15, -0.1) is 0 Å². The highest BCUT2D eigenvalue weighted by Crippen LogP contribution is 2.53. The Bertz CT molecular complexity index is 1020. The molecule has 0 aliphatic heterocycles. The van der Waals surface area contributed by atoms with Gasteiger partial charge in [-0.05, 0) is 34.7 Å². The van der Waals surface area contributed by atoms with Crippen molar-refractivity contribution in [2.24, 2.45) is 0 Å². The third kappa shape index (κ3) is 1.82. The Morgan fingerprint density at radius 1 is 0.800 bits per heavy atom. The molecule has 0 saturated carbocycles. The monoisotopic (exact) mass is 322 g/mol. The second-order valence-corrected chi connectivity index (χ2v) is 6.64. The summed E-state index contributed by atoms with van der Waals surface area (Å²) in [5, 5.41) is 0. The molecule has 2 nitrogen and oxygen atoms in total. The Hall–Kier alpha value is -3.13. The highest BCUT2D eigenvalue weighted by Gasteiger charge is 2.45. The van der Waals surface area contributed by atoms with Crippen molar-refractivity contribution < 1.29 is 0 Å². The summed E-state index contributed by atoms with van der Waals surface area (Å²) in [5.41, 5.74) is 7.36. The van der Waals surface area contributed by atoms with Crippen molar-refractivity contribution in [3.05, 3.63) is 114 Å². The van der Waals surface area contributed by atoms with E-state index in [-0.39, 0.29) is 5.54 Å². The largest absolute Gasteiger partial charge is 0.319 e. The van der Waals surface area contributed by atoms with Gasteiger partial charge in [-0.2, -0.15) is 0 Å². The lowest BCUT2D eigenvalue weighted by atomic mass is 9.80. The lowest BCUT2D eigenvalue weighted by Gasteiger charge is -2.34. The zero-order valence-electron chi connectivity index (χ0n) is 14.1. The first-order valence-corrected chi connectivity index (χ1v) is 8.57. The number of hydrogen-bond acceptors (Lipinski definition) is 1. The van der Waals surface area contributed by atoms with Crippen molar-refractivity contribution in [1.82, 2.24) is 9.55 Å². The van der Waals surface area contributed by atoms with E-state index in [0.29, 0.717) is 0 Å². The van der Waals surface area contributed by atoms with E-state index in [1.54, 1.807) is 0 Å². The second-order valence-electron chi connectivity index (χ2n) is 6.64. The first-order chi connectivity index (χ1) is 12.3. The van der Waals surface area contributed by atoms with Crippen LogP contribution in [0.3, 0.4) is 0 Å². The number of rotatable bonds is 2. The molecule has 0 N–H and O–H groups in total. The van der Waals surface area contributed by atoms with Crippen molar-refractivity contribution in [2.75, 3.05) is 0 Å². The Morgan fingerprint density at radius 3 is 2.08 bits per heavy atom. The van der Waals surface area contributed by atoms with E-state index < -0.39 is 0 Å². The lowest BCUT2D eigenvalue weighted by molar-refractivity contribution is 0.527. The molecule has 0 radical (unpaired) electrons. The van der Waals surface area contributed by atoms with Crippen LogP contribution in [0, 0.1) is 6.92 Å². The second kappa shape index (κ2) is 5.18. The molecule has 1 heterocycles. The van der Waals surface area contributed by atoms with E-state index in [1.165, 1.54) is 33.4 Å². The van der Waals surface area contributed by atoms with Gasteiger partial charge in [-0.3, -0.25) is 0 Å². The van der Waals surface area contributed by atoms with E-state index in [9.17, 15) is 0 Å². The smallest absolute Gasteiger partial charge is 0.122 e. The summed E-state index contributed by atoms with van der Waals surface area (Å²) in [6, 6.07) is 26.3. The van der Waals surface area contributed by atoms with Crippen molar-refractivity contribution in [3.63, 3.8) is 0 Å². The first-order valence-electron chi connectivity index (χ1n) is 8.57. The summed E-state index contributed by atoms with van der Waals surface area (Å²) in [5.74, 6) is 0. The van der Waals surface area contributed by atoms with Gasteiger partial charge in [0.25, 0.3) is 0 Å². The Balaban J connectivity index is 1.98. The number of benzene rings is 3. The maximum Gasteiger partial charge on any atom is 0.122 e. The van der Waals surface area contributed by atoms with E-state index >= 15 is 0 Å². The van der Waals surface area contributed by atoms with Gasteiger partial charge < -0.3 is 4.57 Å². The third-order valence-corrected chi connectivity index (χ3v) is 5.25. The number of imidazole rings is 1. The zero-order chi connectivity index (χ0) is 16.9. The van der Waals surface area contributed by atoms with Crippen LogP contribution in [0.5, 0.6) is 0 Å². The zero-order valence-corrected chi connectivity index (χ0v) is 14.1. The molecular formula is C23H18N2. The summed E-state index contributed by atoms with van der Waals surface area (Å²) >= 11 is 0. The minimum atomic E-state index is -0.379. The van der Waals surface area contributed by atoms with Gasteiger partial charge in [0.2, 0.25) is 0 Å². The molecule has 0 saturated heterocycles. The van der Waals surface area contributed by atoms with E-state index in [4.69, 9.17) is 0 Å². The SMILES string of the molecule is Cc1cccc(C2(n3ccnc3)c3ccccc3-c3ccccc32)c1. The molecule has 1 aliphatic rings. The van der Waals surface area contributed by atoms with Crippen LogP contribution in [0.25, 0.3) is 11.1 Å². The molecule has 120 valence electrons. The molecule has 1 aromatic heterocycles. The summed E-state index contributed by atoms with van der Waals surface area (Å²) in [4.78, 5) is 4.37. The van der Waals surface area contributed by atoms with Crippen LogP contribution in [0.4, 0.5) is 0 Å². The molecule has 4 aromatic rings. The highest BCUT2D eigenvalue weighted by atomic mass is 15.1. The van der Waals surface area contributed by atoms with Gasteiger partial charge in [0.05, 0.1) is 6.33 Å². The first kappa shape index (κ1) is 14.2. The maximum atomic E-state index is 4.37. The van der Waals surface area contributed by atoms with Crippen molar-refractivity contribution in [2.45, 2.75) is 12.5 Å². The van der Waals surface area contributed by atoms with E-state index in [2.05, 4.69) is 95.5 Å². The minimum absolute atomic E-state index is 0.379. The molecule has 5 rings (SSSR count). The molecule has 25 heavy (non-hydrogen) atoms. The van der Waals surface area contributed by atoms with Crippen LogP contribution < -0.4 is 0 Å². The Kier molecular flexibility index (Phi) is 2.95. The van der Waals surface area contributed by atoms with E-state index in [1.807, 2.05) is 12.5 Å². The van der Waals surface area contributed by atoms with Crippen LogP contribution in [-0.2, 0) is 5.54 Å². The lowest BCUT2D eigenvalue weighted by Crippen LogP contribution is -2.34. The molecule has 3 aromatic carbocycles. The van der Waals surface area contributed by atoms with Crippen molar-refractivity contribution >= 4 is 0 Å². The fourth-order valence-corrected chi connectivity index (χ4v) is 4.28. The van der Waals surface area contributed by atoms with Crippen LogP contribution in [0.2, 0.25) is 0 Å². The molecule has 0 fully saturated rings. The third-order valence-electron chi connectivity index (χ3n) is 5.25. The fourth-order valence-electron chi connectivity index (χ4n) is 4.28. The van der Waals surface area contributed by atoms with Crippen LogP contribution in [0.15, 0.2) is 91.5 Å². The summed E-state index contributed by atoms with van der Waals surface area (Å²) in [7, 11) is 0. The van der Waals surface area contributed by atoms with Gasteiger partial charge in [0, 0.05) is 12.4 Å². The molecule has 0 unspecified atom stereocenters. The quantitative estimate of drug-likeness (QED) is 0.446. The molecule has 2 heteroatoms. The standard InChI is InChI=1S/C23H18N2/c1-17-7-6-8-18(15-17)23(25-14-13-24-16-25)21-11-4-2-9-19(21)20-10-3-5-12-22(20)23/h2-16H,1H3. The van der Waals surface area contributed by atoms with Gasteiger partial charge in [-0.25, -0.2) is 4.98 Å². The molecule has 0 amide bonds. The highest BCUT2D eigenvalue weighted by molar-refractivity contribution is 5.83. The predicted molar refractivity (Wildman–Crippen MR) is 101 cm³/mol. The summed E-state index contributed by atoms with van der Waals surface area (Å²) in [6.45, 7) is 2.15. The molecule has 0 bridgehead atoms. The predicted octanol–water partition coefficient (Wildman–Crippen LogP) is 5.01. The topological polar surface area (TPSA) is 17.8 Å². The number of hydrogen-bond donors (Lipinski definition) is 0. The number of aromatic nitrogens is 2. The van der Waals surface area contributed by atoms with Crippen LogP contribution in [-0.4, -0.2) is 9.55 Å². The Morgan fingerprint density at radius 2 is 1.48 bits per heavy atom. The van der Waals surface area contributed by atoms with E-state index in [0.717, 1.165) is 0 Å². The maximum absolute atomic E-state index is 4.37. The minimum Gasteiger partial charge on any atom is -0.319 e. The van der Waals surface area contributed by atoms with Gasteiger partial charge in [-0.1, -0.05) is 78.4 Å². The number of aryl methyl sites for hydroxylation is 1. The molecule has 1 aliphatic carbocycles. The van der Waals surface area contributed by atoms with Gasteiger partial charge in [0.15, 0.2) is 0 Å². The Labute approximate surface area is 147 Å². The summed E-state index contributed by atoms with van der Waals surface area (Å²) < 4.78 is 2.24. The van der Waals surface area contributed by atoms with Crippen LogP contribution >= 0.6 is 0 Å².